The van der Waals surface area contributed by atoms with E-state index in [0.717, 1.165) is 31.6 Å². The molecule has 0 radical (unpaired) electrons. The van der Waals surface area contributed by atoms with Crippen LogP contribution >= 0.6 is 0 Å². The van der Waals surface area contributed by atoms with Crippen LogP contribution in [0.4, 0.5) is 0 Å². The van der Waals surface area contributed by atoms with Gasteiger partial charge in [0.25, 0.3) is 0 Å². The van der Waals surface area contributed by atoms with Gasteiger partial charge < -0.3 is 5.11 Å². The van der Waals surface area contributed by atoms with Gasteiger partial charge in [-0.2, -0.15) is 5.10 Å². The van der Waals surface area contributed by atoms with Crippen LogP contribution in [0.3, 0.4) is 0 Å². The number of benzene rings is 1. The second kappa shape index (κ2) is 4.25. The van der Waals surface area contributed by atoms with Gasteiger partial charge in [-0.05, 0) is 18.9 Å². The number of aromatic nitrogens is 3. The highest BCUT2D eigenvalue weighted by Gasteiger charge is 2.18. The van der Waals surface area contributed by atoms with Gasteiger partial charge in [-0.3, -0.25) is 0 Å². The maximum Gasteiger partial charge on any atom is 0.336 e. The van der Waals surface area contributed by atoms with E-state index in [1.54, 1.807) is 18.2 Å². The van der Waals surface area contributed by atoms with Gasteiger partial charge in [0.2, 0.25) is 0 Å². The highest BCUT2D eigenvalue weighted by Crippen LogP contribution is 2.23. The number of carboxylic acids is 1. The summed E-state index contributed by atoms with van der Waals surface area (Å²) in [7, 11) is 0. The van der Waals surface area contributed by atoms with Crippen LogP contribution in [0.25, 0.3) is 11.4 Å². The molecule has 0 unspecified atom stereocenters. The van der Waals surface area contributed by atoms with Crippen LogP contribution in [0, 0.1) is 0 Å². The van der Waals surface area contributed by atoms with E-state index < -0.39 is 5.97 Å². The largest absolute Gasteiger partial charge is 0.478 e. The molecule has 92 valence electrons. The lowest BCUT2D eigenvalue weighted by atomic mass is 10.1. The number of hydrogen-bond acceptors (Lipinski definition) is 3. The van der Waals surface area contributed by atoms with Crippen molar-refractivity contribution in [2.45, 2.75) is 25.8 Å². The van der Waals surface area contributed by atoms with Crippen LogP contribution < -0.4 is 0 Å². The number of carbonyl (C=O) groups is 1. The Morgan fingerprint density at radius 2 is 2.11 bits per heavy atom. The van der Waals surface area contributed by atoms with E-state index in [0.29, 0.717) is 11.4 Å². The lowest BCUT2D eigenvalue weighted by Gasteiger charge is -2.09. The standard InChI is InChI=1S/C13H13N3O2/c17-13(18)10-6-2-1-5-9(10)12-14-11-7-3-4-8-16(11)15-12/h1-2,5-6H,3-4,7-8H2,(H,17,18). The van der Waals surface area contributed by atoms with Gasteiger partial charge in [-0.25, -0.2) is 14.5 Å². The summed E-state index contributed by atoms with van der Waals surface area (Å²) in [6, 6.07) is 6.85. The monoisotopic (exact) mass is 243 g/mol. The molecule has 0 bridgehead atoms. The van der Waals surface area contributed by atoms with Crippen molar-refractivity contribution in [1.82, 2.24) is 14.8 Å². The molecule has 2 aromatic rings. The molecule has 18 heavy (non-hydrogen) atoms. The van der Waals surface area contributed by atoms with Crippen LogP contribution in [0.5, 0.6) is 0 Å². The Bertz CT molecular complexity index is 581. The fourth-order valence-electron chi connectivity index (χ4n) is 2.26. The van der Waals surface area contributed by atoms with E-state index in [1.165, 1.54) is 0 Å². The summed E-state index contributed by atoms with van der Waals surface area (Å²) in [5, 5.41) is 13.6. The molecule has 1 aliphatic heterocycles. The topological polar surface area (TPSA) is 68.0 Å². The zero-order valence-corrected chi connectivity index (χ0v) is 9.83. The molecule has 0 atom stereocenters. The molecule has 5 nitrogen and oxygen atoms in total. The second-order valence-corrected chi connectivity index (χ2v) is 4.38. The second-order valence-electron chi connectivity index (χ2n) is 4.38. The van der Waals surface area contributed by atoms with Crippen LogP contribution in [0.1, 0.15) is 29.0 Å². The molecule has 1 N–H and O–H groups in total. The van der Waals surface area contributed by atoms with Gasteiger partial charge in [0.15, 0.2) is 5.82 Å². The summed E-state index contributed by atoms with van der Waals surface area (Å²) in [4.78, 5) is 15.6. The molecular weight excluding hydrogens is 230 g/mol. The van der Waals surface area contributed by atoms with E-state index >= 15 is 0 Å². The van der Waals surface area contributed by atoms with E-state index in [9.17, 15) is 4.79 Å². The Kier molecular flexibility index (Phi) is 2.59. The first kappa shape index (κ1) is 11.0. The Hall–Kier alpha value is -2.17. The highest BCUT2D eigenvalue weighted by molar-refractivity contribution is 5.94. The van der Waals surface area contributed by atoms with Crippen molar-refractivity contribution in [3.63, 3.8) is 0 Å². The van der Waals surface area contributed by atoms with Gasteiger partial charge in [0.1, 0.15) is 5.82 Å². The lowest BCUT2D eigenvalue weighted by molar-refractivity contribution is 0.0697. The maximum atomic E-state index is 11.2. The van der Waals surface area contributed by atoms with Crippen LogP contribution in [0.2, 0.25) is 0 Å². The maximum absolute atomic E-state index is 11.2. The van der Waals surface area contributed by atoms with Gasteiger partial charge in [0, 0.05) is 18.5 Å². The van der Waals surface area contributed by atoms with Crippen molar-refractivity contribution in [1.29, 1.82) is 0 Å². The molecule has 1 aromatic carbocycles. The van der Waals surface area contributed by atoms with E-state index in [2.05, 4.69) is 10.1 Å². The number of fused-ring (bicyclic) bond motifs is 1. The summed E-state index contributed by atoms with van der Waals surface area (Å²) in [5.74, 6) is 0.528. The van der Waals surface area contributed by atoms with Gasteiger partial charge in [-0.15, -0.1) is 0 Å². The molecule has 0 saturated carbocycles. The van der Waals surface area contributed by atoms with E-state index in [-0.39, 0.29) is 5.56 Å². The van der Waals surface area contributed by atoms with Crippen molar-refractivity contribution < 1.29 is 9.90 Å². The molecule has 0 spiro atoms. The van der Waals surface area contributed by atoms with Crippen molar-refractivity contribution >= 4 is 5.97 Å². The third-order valence-electron chi connectivity index (χ3n) is 3.17. The zero-order valence-electron chi connectivity index (χ0n) is 9.83. The minimum atomic E-state index is -0.946. The van der Waals surface area contributed by atoms with Gasteiger partial charge in [0.05, 0.1) is 5.56 Å². The predicted molar refractivity (Wildman–Crippen MR) is 65.4 cm³/mol. The third kappa shape index (κ3) is 1.77. The SMILES string of the molecule is O=C(O)c1ccccc1-c1nc2n(n1)CCCC2. The molecule has 0 fully saturated rings. The number of hydrogen-bond donors (Lipinski definition) is 1. The predicted octanol–water partition coefficient (Wildman–Crippen LogP) is 1.98. The first-order valence-corrected chi connectivity index (χ1v) is 6.02. The van der Waals surface area contributed by atoms with Crippen molar-refractivity contribution in [3.05, 3.63) is 35.7 Å². The molecule has 1 aromatic heterocycles. The lowest BCUT2D eigenvalue weighted by Crippen LogP contribution is -2.11. The number of aryl methyl sites for hydroxylation is 2. The number of nitrogens with zero attached hydrogens (tertiary/aromatic N) is 3. The van der Waals surface area contributed by atoms with Gasteiger partial charge >= 0.3 is 5.97 Å². The summed E-state index contributed by atoms with van der Waals surface area (Å²) >= 11 is 0. The Balaban J connectivity index is 2.09. The summed E-state index contributed by atoms with van der Waals surface area (Å²) in [5.41, 5.74) is 0.840. The Labute approximate surface area is 104 Å². The third-order valence-corrected chi connectivity index (χ3v) is 3.17. The summed E-state index contributed by atoms with van der Waals surface area (Å²) in [6.07, 6.45) is 3.15. The van der Waals surface area contributed by atoms with Crippen LogP contribution in [-0.2, 0) is 13.0 Å². The molecule has 0 aliphatic carbocycles. The van der Waals surface area contributed by atoms with Crippen LogP contribution in [0.15, 0.2) is 24.3 Å². The molecule has 3 rings (SSSR count). The Morgan fingerprint density at radius 1 is 1.28 bits per heavy atom. The van der Waals surface area contributed by atoms with E-state index in [1.807, 2.05) is 10.7 Å². The van der Waals surface area contributed by atoms with Gasteiger partial charge in [-0.1, -0.05) is 18.2 Å². The van der Waals surface area contributed by atoms with Crippen molar-refractivity contribution in [2.24, 2.45) is 0 Å². The zero-order chi connectivity index (χ0) is 12.5. The minimum absolute atomic E-state index is 0.250. The highest BCUT2D eigenvalue weighted by atomic mass is 16.4. The minimum Gasteiger partial charge on any atom is -0.478 e. The fraction of sp³-hybridized carbons (Fsp3) is 0.308. The number of rotatable bonds is 2. The molecule has 0 saturated heterocycles. The fourth-order valence-corrected chi connectivity index (χ4v) is 2.26. The molecule has 2 heterocycles. The first-order valence-electron chi connectivity index (χ1n) is 6.02. The average molecular weight is 243 g/mol. The summed E-state index contributed by atoms with van der Waals surface area (Å²) in [6.45, 7) is 0.873. The first-order chi connectivity index (χ1) is 8.75. The quantitative estimate of drug-likeness (QED) is 0.875. The number of carboxylic acid groups (broad SMARTS) is 1. The normalized spacial score (nSPS) is 14.2. The number of aromatic carboxylic acids is 1. The molecular formula is C13H13N3O2. The van der Waals surface area contributed by atoms with Crippen molar-refractivity contribution in [3.8, 4) is 11.4 Å². The van der Waals surface area contributed by atoms with Crippen LogP contribution in [-0.4, -0.2) is 25.8 Å². The van der Waals surface area contributed by atoms with E-state index in [4.69, 9.17) is 5.11 Å². The summed E-state index contributed by atoms with van der Waals surface area (Å²) < 4.78 is 1.89. The molecule has 1 aliphatic rings. The smallest absolute Gasteiger partial charge is 0.336 e. The van der Waals surface area contributed by atoms with Crippen molar-refractivity contribution in [2.75, 3.05) is 0 Å². The average Bonchev–Trinajstić information content (AvgIpc) is 2.82. The molecule has 0 amide bonds. The Morgan fingerprint density at radius 3 is 2.89 bits per heavy atom. The molecule has 5 heteroatoms.